The maximum atomic E-state index is 10.6. The topological polar surface area (TPSA) is 69.0 Å². The molecule has 7 heteroatoms. The molecule has 7 nitrogen and oxygen atoms in total. The summed E-state index contributed by atoms with van der Waals surface area (Å²) in [6.45, 7) is 6.72. The zero-order valence-corrected chi connectivity index (χ0v) is 21.4. The Morgan fingerprint density at radius 1 is 1.00 bits per heavy atom. The van der Waals surface area contributed by atoms with Crippen LogP contribution >= 0.6 is 0 Å². The van der Waals surface area contributed by atoms with E-state index in [4.69, 9.17) is 19.3 Å². The number of hydrogen-bond donors (Lipinski definition) is 1. The first-order chi connectivity index (χ1) is 17.1. The molecule has 3 aromatic rings. The average molecular weight is 482 g/mol. The van der Waals surface area contributed by atoms with Gasteiger partial charge in [-0.3, -0.25) is 4.90 Å². The molecule has 3 rings (SSSR count). The van der Waals surface area contributed by atoms with Crippen LogP contribution in [-0.4, -0.2) is 59.8 Å². The summed E-state index contributed by atoms with van der Waals surface area (Å²) in [5.74, 6) is 2.16. The van der Waals surface area contributed by atoms with Crippen LogP contribution in [0.25, 0.3) is 5.69 Å². The summed E-state index contributed by atoms with van der Waals surface area (Å²) in [6, 6.07) is 17.6. The van der Waals surface area contributed by atoms with Crippen LogP contribution in [0.4, 0.5) is 0 Å². The Balaban J connectivity index is 1.98. The predicted molar refractivity (Wildman–Crippen MR) is 139 cm³/mol. The number of ether oxygens (including phenoxy) is 3. The number of hydrogen-bond acceptors (Lipinski definition) is 6. The molecule has 1 heterocycles. The van der Waals surface area contributed by atoms with Gasteiger partial charge in [-0.1, -0.05) is 44.9 Å². The zero-order chi connectivity index (χ0) is 25.0. The van der Waals surface area contributed by atoms with Crippen LogP contribution in [0.1, 0.15) is 44.4 Å². The third-order valence-electron chi connectivity index (χ3n) is 5.98. The molecule has 0 aliphatic heterocycles. The fourth-order valence-corrected chi connectivity index (χ4v) is 4.03. The minimum atomic E-state index is -0.382. The number of aryl methyl sites for hydroxylation is 1. The van der Waals surface area contributed by atoms with Crippen LogP contribution in [0.2, 0.25) is 0 Å². The molecule has 0 bridgehead atoms. The number of aliphatic hydroxyl groups excluding tert-OH is 1. The molecule has 0 saturated heterocycles. The molecule has 0 aliphatic carbocycles. The lowest BCUT2D eigenvalue weighted by Gasteiger charge is -2.25. The SMILES string of the molecule is CCCC[C@H](O)CN(CCOC)Cc1c(CC)nn(-c2ccccc2)c1Oc1ccc(OC)cc1. The lowest BCUT2D eigenvalue weighted by Crippen LogP contribution is -2.34. The van der Waals surface area contributed by atoms with E-state index in [-0.39, 0.29) is 6.10 Å². The Kier molecular flexibility index (Phi) is 10.6. The average Bonchev–Trinajstić information content (AvgIpc) is 3.23. The first-order valence-corrected chi connectivity index (χ1v) is 12.5. The molecule has 190 valence electrons. The van der Waals surface area contributed by atoms with Crippen molar-refractivity contribution in [3.05, 3.63) is 65.9 Å². The van der Waals surface area contributed by atoms with Crippen molar-refractivity contribution < 1.29 is 19.3 Å². The molecule has 2 aromatic carbocycles. The van der Waals surface area contributed by atoms with E-state index < -0.39 is 0 Å². The number of para-hydroxylation sites is 1. The molecule has 0 amide bonds. The van der Waals surface area contributed by atoms with Crippen molar-refractivity contribution in [3.63, 3.8) is 0 Å². The highest BCUT2D eigenvalue weighted by Crippen LogP contribution is 2.33. The Labute approximate surface area is 209 Å². The van der Waals surface area contributed by atoms with Crippen LogP contribution in [0, 0.1) is 0 Å². The van der Waals surface area contributed by atoms with E-state index >= 15 is 0 Å². The van der Waals surface area contributed by atoms with Gasteiger partial charge in [-0.05, 0) is 49.2 Å². The number of unbranched alkanes of at least 4 members (excludes halogenated alkanes) is 1. The highest BCUT2D eigenvalue weighted by Gasteiger charge is 2.23. The van der Waals surface area contributed by atoms with Gasteiger partial charge in [-0.2, -0.15) is 5.10 Å². The number of methoxy groups -OCH3 is 2. The Morgan fingerprint density at radius 3 is 2.34 bits per heavy atom. The van der Waals surface area contributed by atoms with E-state index in [1.807, 2.05) is 59.3 Å². The first-order valence-electron chi connectivity index (χ1n) is 12.5. The van der Waals surface area contributed by atoms with E-state index in [0.717, 1.165) is 48.4 Å². The highest BCUT2D eigenvalue weighted by atomic mass is 16.5. The van der Waals surface area contributed by atoms with E-state index in [2.05, 4.69) is 18.7 Å². The Bertz CT molecular complexity index is 1010. The molecule has 0 fully saturated rings. The molecule has 1 N–H and O–H groups in total. The van der Waals surface area contributed by atoms with Crippen molar-refractivity contribution >= 4 is 0 Å². The minimum Gasteiger partial charge on any atom is -0.497 e. The smallest absolute Gasteiger partial charge is 0.227 e. The largest absolute Gasteiger partial charge is 0.497 e. The molecular weight excluding hydrogens is 442 g/mol. The monoisotopic (exact) mass is 481 g/mol. The van der Waals surface area contributed by atoms with E-state index in [0.29, 0.717) is 37.9 Å². The minimum absolute atomic E-state index is 0.382. The molecule has 0 spiro atoms. The lowest BCUT2D eigenvalue weighted by molar-refractivity contribution is 0.0786. The highest BCUT2D eigenvalue weighted by molar-refractivity contribution is 5.44. The van der Waals surface area contributed by atoms with Crippen LogP contribution < -0.4 is 9.47 Å². The van der Waals surface area contributed by atoms with Gasteiger partial charge < -0.3 is 19.3 Å². The third-order valence-corrected chi connectivity index (χ3v) is 5.98. The second-order valence-corrected chi connectivity index (χ2v) is 8.63. The van der Waals surface area contributed by atoms with Crippen molar-refractivity contribution in [2.75, 3.05) is 33.9 Å². The number of benzene rings is 2. The van der Waals surface area contributed by atoms with Crippen molar-refractivity contribution in [2.45, 2.75) is 52.2 Å². The normalized spacial score (nSPS) is 12.2. The van der Waals surface area contributed by atoms with Gasteiger partial charge in [0.05, 0.1) is 36.8 Å². The summed E-state index contributed by atoms with van der Waals surface area (Å²) in [5, 5.41) is 15.6. The van der Waals surface area contributed by atoms with E-state index in [1.54, 1.807) is 14.2 Å². The van der Waals surface area contributed by atoms with Gasteiger partial charge in [0.25, 0.3) is 0 Å². The number of aromatic nitrogens is 2. The van der Waals surface area contributed by atoms with E-state index in [9.17, 15) is 5.11 Å². The molecule has 35 heavy (non-hydrogen) atoms. The fourth-order valence-electron chi connectivity index (χ4n) is 4.03. The van der Waals surface area contributed by atoms with Gasteiger partial charge in [-0.25, -0.2) is 4.68 Å². The quantitative estimate of drug-likeness (QED) is 0.320. The van der Waals surface area contributed by atoms with Gasteiger partial charge >= 0.3 is 0 Å². The first kappa shape index (κ1) is 26.7. The van der Waals surface area contributed by atoms with Gasteiger partial charge in [0, 0.05) is 26.7 Å². The van der Waals surface area contributed by atoms with Crippen LogP contribution in [-0.2, 0) is 17.7 Å². The number of aliphatic hydroxyl groups is 1. The summed E-state index contributed by atoms with van der Waals surface area (Å²) < 4.78 is 19.0. The van der Waals surface area contributed by atoms with Gasteiger partial charge in [0.2, 0.25) is 5.88 Å². The summed E-state index contributed by atoms with van der Waals surface area (Å²) in [4.78, 5) is 2.23. The van der Waals surface area contributed by atoms with Crippen molar-refractivity contribution in [3.8, 4) is 23.1 Å². The molecule has 1 aromatic heterocycles. The Morgan fingerprint density at radius 2 is 1.71 bits per heavy atom. The Hall–Kier alpha value is -2.87. The summed E-state index contributed by atoms with van der Waals surface area (Å²) in [5.41, 5.74) is 2.93. The summed E-state index contributed by atoms with van der Waals surface area (Å²) >= 11 is 0. The van der Waals surface area contributed by atoms with Crippen molar-refractivity contribution in [1.29, 1.82) is 0 Å². The van der Waals surface area contributed by atoms with Crippen LogP contribution in [0.5, 0.6) is 17.4 Å². The molecule has 1 atom stereocenters. The van der Waals surface area contributed by atoms with E-state index in [1.165, 1.54) is 0 Å². The third kappa shape index (κ3) is 7.56. The number of nitrogens with zero attached hydrogens (tertiary/aromatic N) is 3. The van der Waals surface area contributed by atoms with Gasteiger partial charge in [-0.15, -0.1) is 0 Å². The van der Waals surface area contributed by atoms with Crippen LogP contribution in [0.3, 0.4) is 0 Å². The molecule has 0 unspecified atom stereocenters. The second kappa shape index (κ2) is 13.9. The van der Waals surface area contributed by atoms with Crippen molar-refractivity contribution in [1.82, 2.24) is 14.7 Å². The molecule has 0 saturated carbocycles. The van der Waals surface area contributed by atoms with Gasteiger partial charge in [0.1, 0.15) is 11.5 Å². The fraction of sp³-hybridized carbons (Fsp3) is 0.464. The zero-order valence-electron chi connectivity index (χ0n) is 21.4. The number of rotatable bonds is 15. The second-order valence-electron chi connectivity index (χ2n) is 8.63. The molecule has 0 radical (unpaired) electrons. The standard InChI is InChI=1S/C28H39N3O4/c1-5-7-13-23(32)20-30(18-19-33-3)21-26-27(6-2)29-31(22-11-9-8-10-12-22)28(26)35-25-16-14-24(34-4)15-17-25/h8-12,14-17,23,32H,5-7,13,18-21H2,1-4H3/t23-/m0/s1. The van der Waals surface area contributed by atoms with Gasteiger partial charge in [0.15, 0.2) is 0 Å². The maximum absolute atomic E-state index is 10.6. The molecular formula is C28H39N3O4. The van der Waals surface area contributed by atoms with Crippen LogP contribution in [0.15, 0.2) is 54.6 Å². The molecule has 0 aliphatic rings. The summed E-state index contributed by atoms with van der Waals surface area (Å²) in [6.07, 6.45) is 3.26. The summed E-state index contributed by atoms with van der Waals surface area (Å²) in [7, 11) is 3.35. The van der Waals surface area contributed by atoms with Crippen molar-refractivity contribution in [2.24, 2.45) is 0 Å². The predicted octanol–water partition coefficient (Wildman–Crippen LogP) is 5.24. The maximum Gasteiger partial charge on any atom is 0.227 e. The lowest BCUT2D eigenvalue weighted by atomic mass is 10.1.